The zero-order valence-corrected chi connectivity index (χ0v) is 33.5. The number of nitrogens with one attached hydrogen (secondary N) is 1. The van der Waals surface area contributed by atoms with Crippen LogP contribution in [0.2, 0.25) is 0 Å². The van der Waals surface area contributed by atoms with Gasteiger partial charge in [0.25, 0.3) is 0 Å². The topological polar surface area (TPSA) is 240 Å². The maximum atomic E-state index is 15.1. The molecule has 0 aliphatic carbocycles. The van der Waals surface area contributed by atoms with Crippen molar-refractivity contribution in [3.05, 3.63) is 77.8 Å². The molecule has 15 nitrogen and oxygen atoms in total. The maximum Gasteiger partial charge on any atom is 0.490 e. The van der Waals surface area contributed by atoms with Crippen LogP contribution >= 0.6 is 0 Å². The van der Waals surface area contributed by atoms with E-state index < -0.39 is 77.7 Å². The van der Waals surface area contributed by atoms with Gasteiger partial charge < -0.3 is 47.1 Å². The molecule has 0 bridgehead atoms. The number of carbonyl (C=O) groups is 5. The number of hydrogen-bond acceptors (Lipinski definition) is 8. The minimum atomic E-state index is -5.08. The normalized spacial score (nSPS) is 13.1. The first kappa shape index (κ1) is 49.5. The summed E-state index contributed by atoms with van der Waals surface area (Å²) in [5, 5.41) is 19.8. The monoisotopic (exact) mass is 840 g/mol. The van der Waals surface area contributed by atoms with Crippen LogP contribution in [0.3, 0.4) is 0 Å². The van der Waals surface area contributed by atoms with Crippen LogP contribution in [-0.4, -0.2) is 104 Å². The highest BCUT2D eigenvalue weighted by atomic mass is 19.4. The van der Waals surface area contributed by atoms with Gasteiger partial charge in [0.2, 0.25) is 17.7 Å². The minimum Gasteiger partial charge on any atom is -0.475 e. The van der Waals surface area contributed by atoms with Crippen molar-refractivity contribution in [2.45, 2.75) is 84.7 Å². The van der Waals surface area contributed by atoms with Gasteiger partial charge in [0.1, 0.15) is 30.1 Å². The van der Waals surface area contributed by atoms with Gasteiger partial charge >= 0.3 is 18.2 Å². The number of hydrogen-bond donors (Lipinski definition) is 6. The second-order valence-electron chi connectivity index (χ2n) is 15.0. The Morgan fingerprint density at radius 2 is 1.53 bits per heavy atom. The molecule has 0 saturated carbocycles. The first-order valence-corrected chi connectivity index (χ1v) is 18.6. The Kier molecular flexibility index (Phi) is 18.4. The molecule has 1 heterocycles. The van der Waals surface area contributed by atoms with Gasteiger partial charge in [-0.3, -0.25) is 14.4 Å². The molecular weight excluding hydrogens is 787 g/mol. The molecule has 2 aromatic carbocycles. The molecular formula is C39H53F5N8O7. The number of aliphatic carboxylic acids is 1. The average molecular weight is 841 g/mol. The van der Waals surface area contributed by atoms with Crippen molar-refractivity contribution in [1.29, 1.82) is 0 Å². The van der Waals surface area contributed by atoms with Crippen molar-refractivity contribution in [2.75, 3.05) is 26.2 Å². The van der Waals surface area contributed by atoms with E-state index in [9.17, 15) is 41.8 Å². The summed E-state index contributed by atoms with van der Waals surface area (Å²) in [5.74, 6) is -5.88. The van der Waals surface area contributed by atoms with Gasteiger partial charge in [-0.05, 0) is 54.4 Å². The van der Waals surface area contributed by atoms with Crippen LogP contribution in [0.5, 0.6) is 0 Å². The molecule has 0 saturated heterocycles. The van der Waals surface area contributed by atoms with Crippen LogP contribution in [0.15, 0.2) is 54.7 Å². The van der Waals surface area contributed by atoms with Crippen LogP contribution in [0, 0.1) is 23.0 Å². The standard InChI is InChI=1S/C37H52F2N8O5.C2HF3O2/c1-23(2)31(40)35(51)46(29(33(41)50)13-9-16-43-36(42)52)17-10-18-47(30(49)22-48)32(37(3,4)5)34-44-28(26-19-25(38)14-15-27(26)39)21-45(34)20-24-11-7-6-8-12-24;3-2(4,5)1(6)7/h6-8,11-12,14-15,19,21,23,29,31-32,48H,9-10,13,16-18,20,22,40H2,1-5H3,(H2,41,50)(H3,42,43,52);(H,6,7)/t29-,31-,32-;/m0./s1. The van der Waals surface area contributed by atoms with E-state index in [2.05, 4.69) is 5.32 Å². The van der Waals surface area contributed by atoms with Crippen LogP contribution in [0.4, 0.5) is 26.7 Å². The first-order valence-electron chi connectivity index (χ1n) is 18.6. The summed E-state index contributed by atoms with van der Waals surface area (Å²) in [6, 6.07) is 8.96. The second-order valence-corrected chi connectivity index (χ2v) is 15.0. The van der Waals surface area contributed by atoms with Gasteiger partial charge in [0.05, 0.1) is 17.8 Å². The predicted octanol–water partition coefficient (Wildman–Crippen LogP) is 3.92. The highest BCUT2D eigenvalue weighted by Crippen LogP contribution is 2.39. The molecule has 3 aromatic rings. The molecule has 326 valence electrons. The number of urea groups is 1. The van der Waals surface area contributed by atoms with Crippen molar-refractivity contribution in [1.82, 2.24) is 24.7 Å². The molecule has 5 amide bonds. The van der Waals surface area contributed by atoms with Gasteiger partial charge in [-0.25, -0.2) is 23.4 Å². The third kappa shape index (κ3) is 14.9. The zero-order chi connectivity index (χ0) is 44.8. The van der Waals surface area contributed by atoms with Crippen LogP contribution in [-0.2, 0) is 25.7 Å². The van der Waals surface area contributed by atoms with Gasteiger partial charge in [-0.15, -0.1) is 0 Å². The molecule has 1 aromatic heterocycles. The number of aliphatic hydroxyl groups excluding tert-OH is 1. The fourth-order valence-corrected chi connectivity index (χ4v) is 6.13. The van der Waals surface area contributed by atoms with Gasteiger partial charge in [-0.1, -0.05) is 65.0 Å². The summed E-state index contributed by atoms with van der Waals surface area (Å²) >= 11 is 0. The summed E-state index contributed by atoms with van der Waals surface area (Å²) in [6.45, 7) is 8.78. The third-order valence-corrected chi connectivity index (χ3v) is 9.02. The third-order valence-electron chi connectivity index (χ3n) is 9.02. The molecule has 0 fully saturated rings. The fourth-order valence-electron chi connectivity index (χ4n) is 6.13. The number of primary amides is 2. The molecule has 0 unspecified atom stereocenters. The Morgan fingerprint density at radius 3 is 2.03 bits per heavy atom. The Hall–Kier alpha value is -5.63. The van der Waals surface area contributed by atoms with Crippen LogP contribution in [0.25, 0.3) is 11.3 Å². The highest BCUT2D eigenvalue weighted by molar-refractivity contribution is 5.89. The van der Waals surface area contributed by atoms with Crippen molar-refractivity contribution < 1.29 is 56.1 Å². The van der Waals surface area contributed by atoms with Gasteiger partial charge in [-0.2, -0.15) is 13.2 Å². The maximum absolute atomic E-state index is 15.1. The zero-order valence-electron chi connectivity index (χ0n) is 33.5. The van der Waals surface area contributed by atoms with E-state index in [1.807, 2.05) is 51.1 Å². The highest BCUT2D eigenvalue weighted by Gasteiger charge is 2.40. The van der Waals surface area contributed by atoms with Crippen LogP contribution in [0.1, 0.15) is 71.3 Å². The number of aromatic nitrogens is 2. The summed E-state index contributed by atoms with van der Waals surface area (Å²) < 4.78 is 62.9. The smallest absolute Gasteiger partial charge is 0.475 e. The number of nitrogens with two attached hydrogens (primary N) is 3. The van der Waals surface area contributed by atoms with Crippen molar-refractivity contribution in [3.8, 4) is 11.3 Å². The van der Waals surface area contributed by atoms with Crippen molar-refractivity contribution in [2.24, 2.45) is 28.5 Å². The molecule has 0 spiro atoms. The Labute approximate surface area is 338 Å². The number of imidazole rings is 1. The molecule has 0 radical (unpaired) electrons. The van der Waals surface area contributed by atoms with Gasteiger partial charge in [0.15, 0.2) is 0 Å². The fraction of sp³-hybridized carbons (Fsp3) is 0.487. The number of carboxylic acid groups (broad SMARTS) is 1. The van der Waals surface area contributed by atoms with E-state index in [1.165, 1.54) is 9.80 Å². The van der Waals surface area contributed by atoms with E-state index in [1.54, 1.807) is 24.6 Å². The molecule has 59 heavy (non-hydrogen) atoms. The van der Waals surface area contributed by atoms with Crippen molar-refractivity contribution in [3.63, 3.8) is 0 Å². The summed E-state index contributed by atoms with van der Waals surface area (Å²) in [5.41, 5.74) is 17.5. The minimum absolute atomic E-state index is 0.00139. The first-order chi connectivity index (χ1) is 27.4. The van der Waals surface area contributed by atoms with E-state index in [-0.39, 0.29) is 62.6 Å². The number of nitrogens with zero attached hydrogens (tertiary/aromatic N) is 4. The number of benzene rings is 2. The van der Waals surface area contributed by atoms with E-state index in [4.69, 9.17) is 32.1 Å². The van der Waals surface area contributed by atoms with Gasteiger partial charge in [0, 0.05) is 37.9 Å². The molecule has 3 atom stereocenters. The Balaban J connectivity index is 0.00000157. The SMILES string of the molecule is CC(C)[C@H](N)C(=O)N(CCCN(C(=O)CO)[C@@H](c1nc(-c2cc(F)ccc2F)cn1Cc1ccccc1)C(C)(C)C)[C@@H](CCCNC(N)=O)C(N)=O.O=C(O)C(F)(F)F. The van der Waals surface area contributed by atoms with Crippen molar-refractivity contribution >= 4 is 29.7 Å². The lowest BCUT2D eigenvalue weighted by Gasteiger charge is -2.40. The number of amides is 5. The quantitative estimate of drug-likeness (QED) is 0.0803. The predicted molar refractivity (Wildman–Crippen MR) is 207 cm³/mol. The second kappa shape index (κ2) is 21.9. The summed E-state index contributed by atoms with van der Waals surface area (Å²) in [7, 11) is 0. The van der Waals surface area contributed by atoms with E-state index >= 15 is 4.39 Å². The van der Waals surface area contributed by atoms with E-state index in [0.29, 0.717) is 5.82 Å². The number of carbonyl (C=O) groups excluding carboxylic acids is 4. The summed E-state index contributed by atoms with van der Waals surface area (Å²) in [4.78, 5) is 67.6. The average Bonchev–Trinajstić information content (AvgIpc) is 3.54. The molecule has 0 aliphatic rings. The Morgan fingerprint density at radius 1 is 0.932 bits per heavy atom. The summed E-state index contributed by atoms with van der Waals surface area (Å²) in [6.07, 6.45) is -2.93. The molecule has 0 aliphatic heterocycles. The number of carboxylic acids is 1. The number of alkyl halides is 3. The number of aliphatic hydroxyl groups is 1. The van der Waals surface area contributed by atoms with Crippen LogP contribution < -0.4 is 22.5 Å². The van der Waals surface area contributed by atoms with E-state index in [0.717, 1.165) is 23.8 Å². The number of halogens is 5. The molecule has 9 N–H and O–H groups in total. The molecule has 20 heteroatoms. The largest absolute Gasteiger partial charge is 0.490 e. The lowest BCUT2D eigenvalue weighted by atomic mass is 9.84. The molecule has 3 rings (SSSR count). The lowest BCUT2D eigenvalue weighted by molar-refractivity contribution is -0.192. The lowest BCUT2D eigenvalue weighted by Crippen LogP contribution is -2.55. The number of rotatable bonds is 18. The Bertz CT molecular complexity index is 1890.